The first kappa shape index (κ1) is 18.3. The summed E-state index contributed by atoms with van der Waals surface area (Å²) >= 11 is 0. The monoisotopic (exact) mass is 353 g/mol. The second kappa shape index (κ2) is 8.23. The number of hydrogen-bond donors (Lipinski definition) is 1. The summed E-state index contributed by atoms with van der Waals surface area (Å²) < 4.78 is 5.78. The van der Waals surface area contributed by atoms with E-state index in [2.05, 4.69) is 34.3 Å². The number of hydrogen-bond acceptors (Lipinski definition) is 4. The molecule has 1 heterocycles. The summed E-state index contributed by atoms with van der Waals surface area (Å²) in [5.41, 5.74) is 3.00. The number of anilines is 2. The molecule has 5 heteroatoms. The number of aryl methyl sites for hydroxylation is 1. The fourth-order valence-corrected chi connectivity index (χ4v) is 3.00. The molecule has 1 aliphatic heterocycles. The predicted octanol–water partition coefficient (Wildman–Crippen LogP) is 3.15. The van der Waals surface area contributed by atoms with Crippen LogP contribution in [-0.2, 0) is 4.79 Å². The maximum absolute atomic E-state index is 12.4. The third-order valence-electron chi connectivity index (χ3n) is 4.77. The highest BCUT2D eigenvalue weighted by Gasteiger charge is 2.17. The predicted molar refractivity (Wildman–Crippen MR) is 106 cm³/mol. The van der Waals surface area contributed by atoms with Gasteiger partial charge in [-0.25, -0.2) is 0 Å². The fourth-order valence-electron chi connectivity index (χ4n) is 3.00. The lowest BCUT2D eigenvalue weighted by Crippen LogP contribution is -2.44. The SMILES string of the molecule is Cc1ccccc1O[C@H](C)C(=O)Nc1ccc(N2CCN(C)CC2)cc1. The number of carbonyl (C=O) groups is 1. The number of para-hydroxylation sites is 1. The van der Waals surface area contributed by atoms with Gasteiger partial charge in [0.15, 0.2) is 6.10 Å². The van der Waals surface area contributed by atoms with Crippen molar-refractivity contribution >= 4 is 17.3 Å². The largest absolute Gasteiger partial charge is 0.481 e. The highest BCUT2D eigenvalue weighted by atomic mass is 16.5. The summed E-state index contributed by atoms with van der Waals surface area (Å²) in [4.78, 5) is 17.1. The van der Waals surface area contributed by atoms with Crippen LogP contribution in [-0.4, -0.2) is 50.1 Å². The number of nitrogens with one attached hydrogen (secondary N) is 1. The highest BCUT2D eigenvalue weighted by molar-refractivity contribution is 5.94. The number of amides is 1. The van der Waals surface area contributed by atoms with Crippen molar-refractivity contribution in [2.45, 2.75) is 20.0 Å². The minimum atomic E-state index is -0.562. The van der Waals surface area contributed by atoms with Crippen molar-refractivity contribution in [3.05, 3.63) is 54.1 Å². The molecule has 0 unspecified atom stereocenters. The van der Waals surface area contributed by atoms with Gasteiger partial charge in [-0.05, 0) is 56.8 Å². The number of piperazine rings is 1. The zero-order valence-corrected chi connectivity index (χ0v) is 15.7. The van der Waals surface area contributed by atoms with Crippen LogP contribution in [0.1, 0.15) is 12.5 Å². The summed E-state index contributed by atoms with van der Waals surface area (Å²) in [6, 6.07) is 15.7. The van der Waals surface area contributed by atoms with Crippen molar-refractivity contribution in [2.24, 2.45) is 0 Å². The van der Waals surface area contributed by atoms with Crippen molar-refractivity contribution < 1.29 is 9.53 Å². The van der Waals surface area contributed by atoms with E-state index in [0.717, 1.165) is 43.2 Å². The fraction of sp³-hybridized carbons (Fsp3) is 0.381. The van der Waals surface area contributed by atoms with E-state index >= 15 is 0 Å². The molecule has 0 saturated carbocycles. The number of carbonyl (C=O) groups excluding carboxylic acids is 1. The molecule has 0 aliphatic carbocycles. The number of nitrogens with zero attached hydrogens (tertiary/aromatic N) is 2. The van der Waals surface area contributed by atoms with E-state index in [1.807, 2.05) is 43.3 Å². The normalized spacial score (nSPS) is 16.2. The molecule has 26 heavy (non-hydrogen) atoms. The van der Waals surface area contributed by atoms with Gasteiger partial charge in [0.05, 0.1) is 0 Å². The topological polar surface area (TPSA) is 44.8 Å². The third kappa shape index (κ3) is 4.55. The molecule has 0 aromatic heterocycles. The second-order valence-electron chi connectivity index (χ2n) is 6.85. The maximum atomic E-state index is 12.4. The van der Waals surface area contributed by atoms with Crippen LogP contribution in [0.3, 0.4) is 0 Å². The molecular weight excluding hydrogens is 326 g/mol. The first-order chi connectivity index (χ1) is 12.5. The molecule has 1 N–H and O–H groups in total. The Morgan fingerprint density at radius 2 is 1.69 bits per heavy atom. The van der Waals surface area contributed by atoms with Crippen LogP contribution in [0.2, 0.25) is 0 Å². The summed E-state index contributed by atoms with van der Waals surface area (Å²) in [7, 11) is 2.15. The molecular formula is C21H27N3O2. The molecule has 0 radical (unpaired) electrons. The van der Waals surface area contributed by atoms with Crippen LogP contribution in [0.25, 0.3) is 0 Å². The average Bonchev–Trinajstić information content (AvgIpc) is 2.65. The number of rotatable bonds is 5. The van der Waals surface area contributed by atoms with Gasteiger partial charge in [0.2, 0.25) is 0 Å². The Bertz CT molecular complexity index is 737. The highest BCUT2D eigenvalue weighted by Crippen LogP contribution is 2.21. The summed E-state index contributed by atoms with van der Waals surface area (Å²) in [6.07, 6.45) is -0.562. The van der Waals surface area contributed by atoms with Gasteiger partial charge in [0.1, 0.15) is 5.75 Å². The lowest BCUT2D eigenvalue weighted by Gasteiger charge is -2.34. The quantitative estimate of drug-likeness (QED) is 0.897. The van der Waals surface area contributed by atoms with Gasteiger partial charge < -0.3 is 19.9 Å². The molecule has 3 rings (SSSR count). The van der Waals surface area contributed by atoms with Gasteiger partial charge in [0, 0.05) is 37.6 Å². The zero-order valence-electron chi connectivity index (χ0n) is 15.7. The van der Waals surface area contributed by atoms with Crippen molar-refractivity contribution in [3.8, 4) is 5.75 Å². The Labute approximate surface area is 155 Å². The van der Waals surface area contributed by atoms with E-state index in [-0.39, 0.29) is 5.91 Å². The first-order valence-corrected chi connectivity index (χ1v) is 9.09. The van der Waals surface area contributed by atoms with Gasteiger partial charge in [0.25, 0.3) is 5.91 Å². The molecule has 0 bridgehead atoms. The van der Waals surface area contributed by atoms with Gasteiger partial charge in [-0.3, -0.25) is 4.79 Å². The van der Waals surface area contributed by atoms with Crippen molar-refractivity contribution in [1.29, 1.82) is 0 Å². The van der Waals surface area contributed by atoms with Crippen molar-refractivity contribution in [3.63, 3.8) is 0 Å². The molecule has 1 saturated heterocycles. The van der Waals surface area contributed by atoms with Gasteiger partial charge >= 0.3 is 0 Å². The van der Waals surface area contributed by atoms with E-state index in [1.165, 1.54) is 5.69 Å². The van der Waals surface area contributed by atoms with Crippen molar-refractivity contribution in [1.82, 2.24) is 4.90 Å². The van der Waals surface area contributed by atoms with E-state index in [1.54, 1.807) is 6.92 Å². The molecule has 1 fully saturated rings. The number of ether oxygens (including phenoxy) is 1. The standard InChI is InChI=1S/C21H27N3O2/c1-16-6-4-5-7-20(16)26-17(2)21(25)22-18-8-10-19(11-9-18)24-14-12-23(3)13-15-24/h4-11,17H,12-15H2,1-3H3,(H,22,25)/t17-/m1/s1. The first-order valence-electron chi connectivity index (χ1n) is 9.09. The Morgan fingerprint density at radius 3 is 2.35 bits per heavy atom. The Balaban J connectivity index is 1.56. The average molecular weight is 353 g/mol. The molecule has 1 atom stereocenters. The van der Waals surface area contributed by atoms with Gasteiger partial charge in [-0.15, -0.1) is 0 Å². The van der Waals surface area contributed by atoms with E-state index in [0.29, 0.717) is 0 Å². The van der Waals surface area contributed by atoms with Crippen LogP contribution in [0.5, 0.6) is 5.75 Å². The minimum Gasteiger partial charge on any atom is -0.481 e. The van der Waals surface area contributed by atoms with Crippen LogP contribution < -0.4 is 15.0 Å². The van der Waals surface area contributed by atoms with Gasteiger partial charge in [-0.1, -0.05) is 18.2 Å². The van der Waals surface area contributed by atoms with Crippen molar-refractivity contribution in [2.75, 3.05) is 43.4 Å². The van der Waals surface area contributed by atoms with Crippen LogP contribution >= 0.6 is 0 Å². The minimum absolute atomic E-state index is 0.152. The third-order valence-corrected chi connectivity index (χ3v) is 4.77. The lowest BCUT2D eigenvalue weighted by atomic mass is 10.2. The molecule has 1 amide bonds. The molecule has 5 nitrogen and oxygen atoms in total. The molecule has 138 valence electrons. The van der Waals surface area contributed by atoms with Crippen LogP contribution in [0, 0.1) is 6.92 Å². The van der Waals surface area contributed by atoms with Gasteiger partial charge in [-0.2, -0.15) is 0 Å². The summed E-state index contributed by atoms with van der Waals surface area (Å²) in [6.45, 7) is 7.95. The van der Waals surface area contributed by atoms with E-state index < -0.39 is 6.10 Å². The smallest absolute Gasteiger partial charge is 0.265 e. The molecule has 1 aliphatic rings. The Hall–Kier alpha value is -2.53. The van der Waals surface area contributed by atoms with Crippen LogP contribution in [0.15, 0.2) is 48.5 Å². The maximum Gasteiger partial charge on any atom is 0.265 e. The van der Waals surface area contributed by atoms with Crippen LogP contribution in [0.4, 0.5) is 11.4 Å². The number of benzene rings is 2. The number of likely N-dealkylation sites (N-methyl/N-ethyl adjacent to an activating group) is 1. The molecule has 2 aromatic carbocycles. The summed E-state index contributed by atoms with van der Waals surface area (Å²) in [5, 5.41) is 2.93. The molecule has 2 aromatic rings. The summed E-state index contributed by atoms with van der Waals surface area (Å²) in [5.74, 6) is 0.584. The second-order valence-corrected chi connectivity index (χ2v) is 6.85. The Morgan fingerprint density at radius 1 is 1.04 bits per heavy atom. The van der Waals surface area contributed by atoms with E-state index in [4.69, 9.17) is 4.74 Å². The van der Waals surface area contributed by atoms with E-state index in [9.17, 15) is 4.79 Å². The lowest BCUT2D eigenvalue weighted by molar-refractivity contribution is -0.122. The Kier molecular flexibility index (Phi) is 5.78. The molecule has 0 spiro atoms. The zero-order chi connectivity index (χ0) is 18.5.